The van der Waals surface area contributed by atoms with Crippen molar-refractivity contribution in [2.45, 2.75) is 20.4 Å². The molecule has 0 aliphatic rings. The van der Waals surface area contributed by atoms with Crippen molar-refractivity contribution in [2.75, 3.05) is 0 Å². The predicted molar refractivity (Wildman–Crippen MR) is 118 cm³/mol. The Morgan fingerprint density at radius 3 is 2.57 bits per heavy atom. The van der Waals surface area contributed by atoms with Crippen molar-refractivity contribution in [1.82, 2.24) is 19.1 Å². The number of nitrogens with zero attached hydrogens (tertiary/aromatic N) is 4. The molecule has 0 saturated carbocycles. The maximum atomic E-state index is 13.4. The van der Waals surface area contributed by atoms with Crippen LogP contribution in [0.3, 0.4) is 0 Å². The largest absolute Gasteiger partial charge is 0.294 e. The molecule has 0 aliphatic heterocycles. The van der Waals surface area contributed by atoms with Crippen LogP contribution in [0.5, 0.6) is 0 Å². The van der Waals surface area contributed by atoms with Crippen LogP contribution in [-0.4, -0.2) is 25.0 Å². The molecule has 0 atom stereocenters. The van der Waals surface area contributed by atoms with Gasteiger partial charge in [0.1, 0.15) is 10.7 Å². The summed E-state index contributed by atoms with van der Waals surface area (Å²) in [6, 6.07) is 17.3. The SMILES string of the molecule is Cc1c(C(=O)n2c(C)nc3ccccc32)sc2ncn(Cc3ccccc3)c(=O)c12. The number of hydrogen-bond donors (Lipinski definition) is 0. The minimum absolute atomic E-state index is 0.135. The maximum Gasteiger partial charge on any atom is 0.274 e. The molecule has 0 radical (unpaired) electrons. The molecular formula is C23H18N4O2S. The lowest BCUT2D eigenvalue weighted by Gasteiger charge is -2.06. The van der Waals surface area contributed by atoms with E-state index in [0.717, 1.165) is 16.6 Å². The van der Waals surface area contributed by atoms with Crippen LogP contribution in [0.1, 0.15) is 26.6 Å². The molecule has 0 aliphatic carbocycles. The average Bonchev–Trinajstić information content (AvgIpc) is 3.27. The molecule has 3 aromatic heterocycles. The first-order valence-corrected chi connectivity index (χ1v) is 10.4. The Balaban J connectivity index is 1.63. The summed E-state index contributed by atoms with van der Waals surface area (Å²) < 4.78 is 3.19. The molecule has 0 bridgehead atoms. The fourth-order valence-electron chi connectivity index (χ4n) is 3.76. The first-order valence-electron chi connectivity index (χ1n) is 9.56. The first kappa shape index (κ1) is 18.4. The highest BCUT2D eigenvalue weighted by molar-refractivity contribution is 7.20. The van der Waals surface area contributed by atoms with Crippen LogP contribution in [0, 0.1) is 13.8 Å². The normalized spacial score (nSPS) is 11.4. The summed E-state index contributed by atoms with van der Waals surface area (Å²) in [7, 11) is 0. The fourth-order valence-corrected chi connectivity index (χ4v) is 4.83. The van der Waals surface area contributed by atoms with Crippen molar-refractivity contribution in [3.63, 3.8) is 0 Å². The van der Waals surface area contributed by atoms with Crippen LogP contribution < -0.4 is 5.56 Å². The zero-order valence-corrected chi connectivity index (χ0v) is 17.3. The summed E-state index contributed by atoms with van der Waals surface area (Å²) in [5.41, 5.74) is 3.07. The number of benzene rings is 2. The smallest absolute Gasteiger partial charge is 0.274 e. The third-order valence-electron chi connectivity index (χ3n) is 5.24. The van der Waals surface area contributed by atoms with E-state index in [0.29, 0.717) is 33.0 Å². The van der Waals surface area contributed by atoms with Crippen molar-refractivity contribution < 1.29 is 4.79 Å². The lowest BCUT2D eigenvalue weighted by Crippen LogP contribution is -2.21. The summed E-state index contributed by atoms with van der Waals surface area (Å²) in [4.78, 5) is 36.6. The molecule has 0 saturated heterocycles. The first-order chi connectivity index (χ1) is 14.5. The molecule has 3 heterocycles. The molecular weight excluding hydrogens is 396 g/mol. The van der Waals surface area contributed by atoms with Crippen molar-refractivity contribution in [3.05, 3.63) is 93.1 Å². The minimum atomic E-state index is -0.185. The molecule has 5 rings (SSSR count). The third-order valence-corrected chi connectivity index (χ3v) is 6.43. The summed E-state index contributed by atoms with van der Waals surface area (Å²) in [6.07, 6.45) is 1.56. The predicted octanol–water partition coefficient (Wildman–Crippen LogP) is 4.16. The Morgan fingerprint density at radius 1 is 1.03 bits per heavy atom. The fraction of sp³-hybridized carbons (Fsp3) is 0.130. The second kappa shape index (κ2) is 7.03. The Bertz CT molecular complexity index is 1480. The van der Waals surface area contributed by atoms with Gasteiger partial charge in [-0.15, -0.1) is 11.3 Å². The van der Waals surface area contributed by atoms with Gasteiger partial charge in [-0.2, -0.15) is 0 Å². The topological polar surface area (TPSA) is 69.8 Å². The van der Waals surface area contributed by atoms with E-state index >= 15 is 0 Å². The molecule has 148 valence electrons. The maximum absolute atomic E-state index is 13.4. The van der Waals surface area contributed by atoms with Crippen LogP contribution in [-0.2, 0) is 6.54 Å². The quantitative estimate of drug-likeness (QED) is 0.444. The molecule has 6 nitrogen and oxygen atoms in total. The van der Waals surface area contributed by atoms with Gasteiger partial charge in [0, 0.05) is 0 Å². The molecule has 2 aromatic carbocycles. The van der Waals surface area contributed by atoms with Crippen molar-refractivity contribution in [3.8, 4) is 0 Å². The molecule has 0 spiro atoms. The van der Waals surface area contributed by atoms with E-state index in [1.807, 2.05) is 68.4 Å². The Morgan fingerprint density at radius 2 is 1.77 bits per heavy atom. The van der Waals surface area contributed by atoms with Gasteiger partial charge >= 0.3 is 0 Å². The van der Waals surface area contributed by atoms with Gasteiger partial charge < -0.3 is 0 Å². The molecule has 5 aromatic rings. The molecule has 7 heteroatoms. The number of carbonyl (C=O) groups excluding carboxylic acids is 1. The molecule has 30 heavy (non-hydrogen) atoms. The van der Waals surface area contributed by atoms with Gasteiger partial charge in [0.2, 0.25) is 0 Å². The number of imidazole rings is 1. The van der Waals surface area contributed by atoms with E-state index in [4.69, 9.17) is 0 Å². The summed E-state index contributed by atoms with van der Waals surface area (Å²) >= 11 is 1.25. The second-order valence-corrected chi connectivity index (χ2v) is 8.19. The number of aryl methyl sites for hydroxylation is 2. The standard InChI is InChI=1S/C23H18N4O2S/c1-14-19-21(24-13-26(22(19)28)12-16-8-4-3-5-9-16)30-20(14)23(29)27-15(2)25-17-10-6-7-11-18(17)27/h3-11,13H,12H2,1-2H3. The van der Waals surface area contributed by atoms with Crippen LogP contribution in [0.2, 0.25) is 0 Å². The number of thiophene rings is 1. The number of para-hydroxylation sites is 2. The Hall–Kier alpha value is -3.58. The molecule has 0 fully saturated rings. The lowest BCUT2D eigenvalue weighted by molar-refractivity contribution is 0.0966. The molecule has 0 unspecified atom stereocenters. The third kappa shape index (κ3) is 2.86. The second-order valence-electron chi connectivity index (χ2n) is 7.19. The summed E-state index contributed by atoms with van der Waals surface area (Å²) in [6.45, 7) is 4.06. The van der Waals surface area contributed by atoms with Gasteiger partial charge in [-0.3, -0.25) is 18.7 Å². The van der Waals surface area contributed by atoms with E-state index in [2.05, 4.69) is 9.97 Å². The van der Waals surface area contributed by atoms with Crippen LogP contribution in [0.25, 0.3) is 21.3 Å². The highest BCUT2D eigenvalue weighted by Gasteiger charge is 2.23. The Kier molecular flexibility index (Phi) is 4.33. The number of carbonyl (C=O) groups is 1. The Labute approximate surface area is 176 Å². The molecule has 0 amide bonds. The monoisotopic (exact) mass is 414 g/mol. The summed E-state index contributed by atoms with van der Waals surface area (Å²) in [5, 5.41) is 0.504. The summed E-state index contributed by atoms with van der Waals surface area (Å²) in [5.74, 6) is 0.434. The van der Waals surface area contributed by atoms with E-state index in [9.17, 15) is 9.59 Å². The number of hydrogen-bond acceptors (Lipinski definition) is 5. The highest BCUT2D eigenvalue weighted by Crippen LogP contribution is 2.29. The zero-order chi connectivity index (χ0) is 20.8. The van der Waals surface area contributed by atoms with E-state index in [1.54, 1.807) is 15.5 Å². The number of fused-ring (bicyclic) bond motifs is 2. The van der Waals surface area contributed by atoms with Crippen LogP contribution in [0.4, 0.5) is 0 Å². The van der Waals surface area contributed by atoms with Crippen molar-refractivity contribution in [1.29, 1.82) is 0 Å². The van der Waals surface area contributed by atoms with Gasteiger partial charge in [-0.05, 0) is 37.1 Å². The van der Waals surface area contributed by atoms with Crippen LogP contribution >= 0.6 is 11.3 Å². The minimum Gasteiger partial charge on any atom is -0.294 e. The van der Waals surface area contributed by atoms with Gasteiger partial charge in [-0.25, -0.2) is 9.97 Å². The van der Waals surface area contributed by atoms with Crippen molar-refractivity contribution in [2.24, 2.45) is 0 Å². The van der Waals surface area contributed by atoms with Crippen LogP contribution in [0.15, 0.2) is 65.7 Å². The van der Waals surface area contributed by atoms with Gasteiger partial charge in [0.05, 0.1) is 34.2 Å². The average molecular weight is 414 g/mol. The number of rotatable bonds is 3. The van der Waals surface area contributed by atoms with Crippen molar-refractivity contribution >= 4 is 38.5 Å². The van der Waals surface area contributed by atoms with E-state index in [-0.39, 0.29) is 11.5 Å². The highest BCUT2D eigenvalue weighted by atomic mass is 32.1. The number of aromatic nitrogens is 4. The van der Waals surface area contributed by atoms with E-state index in [1.165, 1.54) is 11.3 Å². The zero-order valence-electron chi connectivity index (χ0n) is 16.5. The van der Waals surface area contributed by atoms with Gasteiger partial charge in [0.25, 0.3) is 11.5 Å². The molecule has 0 N–H and O–H groups in total. The lowest BCUT2D eigenvalue weighted by atomic mass is 10.2. The van der Waals surface area contributed by atoms with E-state index < -0.39 is 0 Å². The van der Waals surface area contributed by atoms with Gasteiger partial charge in [0.15, 0.2) is 0 Å². The van der Waals surface area contributed by atoms with Gasteiger partial charge in [-0.1, -0.05) is 42.5 Å².